The Bertz CT molecular complexity index is 1410. The second-order valence-electron chi connectivity index (χ2n) is 9.04. The highest BCUT2D eigenvalue weighted by atomic mass is 19.1. The number of hydrogen-bond donors (Lipinski definition) is 0. The summed E-state index contributed by atoms with van der Waals surface area (Å²) < 4.78 is 29.3. The van der Waals surface area contributed by atoms with Crippen LogP contribution >= 0.6 is 0 Å². The highest BCUT2D eigenvalue weighted by Gasteiger charge is 2.71. The average molecular weight is 455 g/mol. The number of carbonyl (C=O) groups is 3. The SMILES string of the molecule is CC(=O)[C@@H]1[C@H](c2ccccc2F)C2(C(=O)c3ccccc3C2=O)[C@H]2C=Cc3cc(F)ccc3N12. The van der Waals surface area contributed by atoms with Crippen LogP contribution in [0.5, 0.6) is 0 Å². The molecule has 1 saturated heterocycles. The number of anilines is 1. The van der Waals surface area contributed by atoms with Crippen molar-refractivity contribution >= 4 is 29.1 Å². The van der Waals surface area contributed by atoms with E-state index in [2.05, 4.69) is 0 Å². The summed E-state index contributed by atoms with van der Waals surface area (Å²) in [5.41, 5.74) is 0.0208. The van der Waals surface area contributed by atoms with Crippen LogP contribution in [-0.2, 0) is 4.79 Å². The molecule has 6 heteroatoms. The molecule has 1 fully saturated rings. The van der Waals surface area contributed by atoms with E-state index in [1.165, 1.54) is 37.3 Å². The van der Waals surface area contributed by atoms with Crippen LogP contribution in [0.4, 0.5) is 14.5 Å². The van der Waals surface area contributed by atoms with Gasteiger partial charge < -0.3 is 4.90 Å². The first kappa shape index (κ1) is 20.7. The van der Waals surface area contributed by atoms with Gasteiger partial charge in [-0.15, -0.1) is 0 Å². The molecule has 6 rings (SSSR count). The van der Waals surface area contributed by atoms with Crippen molar-refractivity contribution in [2.24, 2.45) is 5.41 Å². The van der Waals surface area contributed by atoms with Crippen LogP contribution in [0.15, 0.2) is 72.8 Å². The van der Waals surface area contributed by atoms with E-state index in [1.54, 1.807) is 53.5 Å². The van der Waals surface area contributed by atoms with E-state index in [1.807, 2.05) is 0 Å². The molecule has 168 valence electrons. The Morgan fingerprint density at radius 3 is 2.21 bits per heavy atom. The van der Waals surface area contributed by atoms with E-state index in [0.29, 0.717) is 11.3 Å². The maximum absolute atomic E-state index is 15.3. The van der Waals surface area contributed by atoms with Crippen molar-refractivity contribution in [1.29, 1.82) is 0 Å². The quantitative estimate of drug-likeness (QED) is 0.511. The summed E-state index contributed by atoms with van der Waals surface area (Å²) in [6.07, 6.45) is 3.35. The number of hydrogen-bond acceptors (Lipinski definition) is 4. The van der Waals surface area contributed by atoms with Crippen molar-refractivity contribution in [3.8, 4) is 0 Å². The summed E-state index contributed by atoms with van der Waals surface area (Å²) in [6.45, 7) is 1.38. The molecule has 3 aromatic carbocycles. The molecule has 2 heterocycles. The fourth-order valence-corrected chi connectivity index (χ4v) is 6.17. The lowest BCUT2D eigenvalue weighted by molar-refractivity contribution is -0.118. The lowest BCUT2D eigenvalue weighted by atomic mass is 9.64. The predicted molar refractivity (Wildman–Crippen MR) is 123 cm³/mol. The van der Waals surface area contributed by atoms with E-state index in [-0.39, 0.29) is 22.5 Å². The Hall–Kier alpha value is -3.93. The van der Waals surface area contributed by atoms with Crippen molar-refractivity contribution in [3.63, 3.8) is 0 Å². The number of Topliss-reactive ketones (excluding diaryl/α,β-unsaturated/α-hetero) is 3. The van der Waals surface area contributed by atoms with Crippen molar-refractivity contribution in [1.82, 2.24) is 0 Å². The minimum Gasteiger partial charge on any atom is -0.352 e. The van der Waals surface area contributed by atoms with Gasteiger partial charge in [0.1, 0.15) is 17.0 Å². The smallest absolute Gasteiger partial charge is 0.180 e. The van der Waals surface area contributed by atoms with Crippen molar-refractivity contribution in [2.45, 2.75) is 24.9 Å². The minimum absolute atomic E-state index is 0.142. The van der Waals surface area contributed by atoms with Gasteiger partial charge in [-0.1, -0.05) is 54.6 Å². The first-order valence-electron chi connectivity index (χ1n) is 11.1. The Balaban J connectivity index is 1.70. The second kappa shape index (κ2) is 7.03. The van der Waals surface area contributed by atoms with E-state index in [0.717, 1.165) is 0 Å². The Morgan fingerprint density at radius 2 is 1.56 bits per heavy atom. The highest BCUT2D eigenvalue weighted by Crippen LogP contribution is 2.60. The van der Waals surface area contributed by atoms with Crippen LogP contribution in [0.25, 0.3) is 6.08 Å². The van der Waals surface area contributed by atoms with Crippen molar-refractivity contribution in [3.05, 3.63) is 107 Å². The van der Waals surface area contributed by atoms with Gasteiger partial charge in [0.25, 0.3) is 0 Å². The maximum atomic E-state index is 15.3. The van der Waals surface area contributed by atoms with Crippen LogP contribution in [0.1, 0.15) is 44.7 Å². The molecule has 34 heavy (non-hydrogen) atoms. The molecule has 0 N–H and O–H groups in total. The third-order valence-corrected chi connectivity index (χ3v) is 7.42. The summed E-state index contributed by atoms with van der Waals surface area (Å²) in [5, 5.41) is 0. The normalized spacial score (nSPS) is 23.7. The number of nitrogens with zero attached hydrogens (tertiary/aromatic N) is 1. The van der Waals surface area contributed by atoms with Gasteiger partial charge >= 0.3 is 0 Å². The second-order valence-corrected chi connectivity index (χ2v) is 9.04. The molecule has 0 aromatic heterocycles. The number of halogens is 2. The van der Waals surface area contributed by atoms with Gasteiger partial charge in [0.15, 0.2) is 17.3 Å². The van der Waals surface area contributed by atoms with Crippen LogP contribution in [-0.4, -0.2) is 29.4 Å². The largest absolute Gasteiger partial charge is 0.352 e. The van der Waals surface area contributed by atoms with Gasteiger partial charge in [-0.2, -0.15) is 0 Å². The van der Waals surface area contributed by atoms with Crippen molar-refractivity contribution < 1.29 is 23.2 Å². The molecular formula is C28H19F2NO3. The van der Waals surface area contributed by atoms with Gasteiger partial charge in [0, 0.05) is 28.3 Å². The lowest BCUT2D eigenvalue weighted by Crippen LogP contribution is -2.48. The molecule has 3 aromatic rings. The molecule has 0 saturated carbocycles. The van der Waals surface area contributed by atoms with E-state index >= 15 is 4.39 Å². The molecule has 4 nitrogen and oxygen atoms in total. The molecule has 0 bridgehead atoms. The molecule has 2 aliphatic heterocycles. The molecule has 3 aliphatic rings. The monoisotopic (exact) mass is 455 g/mol. The summed E-state index contributed by atoms with van der Waals surface area (Å²) in [7, 11) is 0. The van der Waals surface area contributed by atoms with Gasteiger partial charge in [0.05, 0.1) is 12.1 Å². The van der Waals surface area contributed by atoms with E-state index < -0.39 is 46.6 Å². The van der Waals surface area contributed by atoms with Gasteiger partial charge in [-0.25, -0.2) is 8.78 Å². The van der Waals surface area contributed by atoms with Crippen molar-refractivity contribution in [2.75, 3.05) is 4.90 Å². The number of carbonyl (C=O) groups excluding carboxylic acids is 3. The Morgan fingerprint density at radius 1 is 0.912 bits per heavy atom. The number of ketones is 3. The molecule has 0 amide bonds. The van der Waals surface area contributed by atoms with Gasteiger partial charge in [0.2, 0.25) is 0 Å². The van der Waals surface area contributed by atoms with Crippen LogP contribution in [0, 0.1) is 17.0 Å². The first-order chi connectivity index (χ1) is 16.4. The molecular weight excluding hydrogens is 436 g/mol. The molecule has 0 unspecified atom stereocenters. The van der Waals surface area contributed by atoms with Gasteiger partial charge in [-0.05, 0) is 36.8 Å². The van der Waals surface area contributed by atoms with E-state index in [9.17, 15) is 18.8 Å². The molecule has 3 atom stereocenters. The summed E-state index contributed by atoms with van der Waals surface area (Å²) in [6, 6.07) is 14.9. The van der Waals surface area contributed by atoms with E-state index in [4.69, 9.17) is 0 Å². The summed E-state index contributed by atoms with van der Waals surface area (Å²) in [4.78, 5) is 43.2. The molecule has 0 radical (unpaired) electrons. The third kappa shape index (κ3) is 2.43. The highest BCUT2D eigenvalue weighted by molar-refractivity contribution is 6.32. The average Bonchev–Trinajstić information content (AvgIpc) is 3.26. The fraction of sp³-hybridized carbons (Fsp3) is 0.179. The third-order valence-electron chi connectivity index (χ3n) is 7.42. The lowest BCUT2D eigenvalue weighted by Gasteiger charge is -2.37. The number of benzene rings is 3. The Labute approximate surface area is 194 Å². The first-order valence-corrected chi connectivity index (χ1v) is 11.1. The fourth-order valence-electron chi connectivity index (χ4n) is 6.17. The van der Waals surface area contributed by atoms with Gasteiger partial charge in [-0.3, -0.25) is 14.4 Å². The predicted octanol–water partition coefficient (Wildman–Crippen LogP) is 4.99. The number of rotatable bonds is 2. The minimum atomic E-state index is -1.73. The summed E-state index contributed by atoms with van der Waals surface area (Å²) >= 11 is 0. The topological polar surface area (TPSA) is 54.5 Å². The zero-order valence-electron chi connectivity index (χ0n) is 18.2. The maximum Gasteiger partial charge on any atom is 0.180 e. The summed E-state index contributed by atoms with van der Waals surface area (Å²) in [5.74, 6) is -3.24. The van der Waals surface area contributed by atoms with Crippen LogP contribution in [0.2, 0.25) is 0 Å². The Kier molecular flexibility index (Phi) is 4.27. The zero-order valence-corrected chi connectivity index (χ0v) is 18.2. The molecule has 1 spiro atoms. The van der Waals surface area contributed by atoms with Crippen LogP contribution in [0.3, 0.4) is 0 Å². The molecule has 1 aliphatic carbocycles. The van der Waals surface area contributed by atoms with Crippen LogP contribution < -0.4 is 4.90 Å². The zero-order chi connectivity index (χ0) is 23.8. The standard InChI is InChI=1S/C28H19F2NO3/c1-15(32)25-24(20-8-4-5-9-21(20)30)28(26(33)18-6-2-3-7-19(18)27(28)34)23-13-10-16-14-17(29)11-12-22(16)31(23)25/h2-14,23-25H,1H3/t23-,24+,25-/m1/s1. The number of fused-ring (bicyclic) bond motifs is 5.